The molecule has 0 aliphatic heterocycles. The first-order chi connectivity index (χ1) is 15.8. The van der Waals surface area contributed by atoms with Crippen molar-refractivity contribution in [1.82, 2.24) is 19.9 Å². The predicted molar refractivity (Wildman–Crippen MR) is 128 cm³/mol. The number of benzene rings is 1. The fourth-order valence-electron chi connectivity index (χ4n) is 3.54. The summed E-state index contributed by atoms with van der Waals surface area (Å²) in [5.41, 5.74) is 5.26. The maximum atomic E-state index is 5.92. The van der Waals surface area contributed by atoms with E-state index in [1.807, 2.05) is 36.4 Å². The third-order valence-electron chi connectivity index (χ3n) is 5.28. The molecule has 3 aromatic heterocycles. The lowest BCUT2D eigenvalue weighted by molar-refractivity contribution is 0.304. The minimum Gasteiger partial charge on any atom is -0.494 e. The van der Waals surface area contributed by atoms with Gasteiger partial charge in [-0.25, -0.2) is 4.98 Å². The first-order valence-electron chi connectivity index (χ1n) is 11.3. The molecule has 162 valence electrons. The van der Waals surface area contributed by atoms with Gasteiger partial charge < -0.3 is 4.74 Å². The number of rotatable bonds is 10. The summed E-state index contributed by atoms with van der Waals surface area (Å²) in [6.45, 7) is 3.00. The average molecular weight is 425 g/mol. The Morgan fingerprint density at radius 2 is 1.47 bits per heavy atom. The normalized spacial score (nSPS) is 10.8. The molecule has 0 N–H and O–H groups in total. The van der Waals surface area contributed by atoms with Gasteiger partial charge in [0.2, 0.25) is 0 Å². The zero-order valence-corrected chi connectivity index (χ0v) is 18.4. The number of hydrogen-bond donors (Lipinski definition) is 0. The maximum absolute atomic E-state index is 5.92. The van der Waals surface area contributed by atoms with Crippen LogP contribution in [0, 0.1) is 0 Å². The molecular formula is C27H28N4O. The number of pyridine rings is 2. The van der Waals surface area contributed by atoms with Gasteiger partial charge in [0.05, 0.1) is 29.9 Å². The van der Waals surface area contributed by atoms with Crippen LogP contribution in [-0.4, -0.2) is 26.5 Å². The second-order valence-corrected chi connectivity index (χ2v) is 7.72. The lowest BCUT2D eigenvalue weighted by Gasteiger charge is -2.10. The molecule has 5 nitrogen and oxygen atoms in total. The van der Waals surface area contributed by atoms with Crippen LogP contribution in [0.25, 0.3) is 33.9 Å². The number of aromatic nitrogens is 4. The molecule has 0 fully saturated rings. The summed E-state index contributed by atoms with van der Waals surface area (Å²) >= 11 is 0. The molecule has 5 heteroatoms. The van der Waals surface area contributed by atoms with Crippen LogP contribution in [0.1, 0.15) is 39.0 Å². The second-order valence-electron chi connectivity index (χ2n) is 7.72. The Kier molecular flexibility index (Phi) is 7.53. The molecule has 4 aromatic rings. The summed E-state index contributed by atoms with van der Waals surface area (Å²) in [4.78, 5) is 17.9. The van der Waals surface area contributed by atoms with Crippen molar-refractivity contribution in [3.63, 3.8) is 0 Å². The van der Waals surface area contributed by atoms with E-state index in [0.717, 1.165) is 52.7 Å². The van der Waals surface area contributed by atoms with Gasteiger partial charge in [0.25, 0.3) is 0 Å². The van der Waals surface area contributed by atoms with E-state index in [9.17, 15) is 0 Å². The summed E-state index contributed by atoms with van der Waals surface area (Å²) < 4.78 is 5.92. The first kappa shape index (κ1) is 21.6. The Hall–Kier alpha value is -3.60. The van der Waals surface area contributed by atoms with Gasteiger partial charge in [0.15, 0.2) is 0 Å². The highest BCUT2D eigenvalue weighted by Gasteiger charge is 2.10. The van der Waals surface area contributed by atoms with E-state index in [-0.39, 0.29) is 0 Å². The van der Waals surface area contributed by atoms with Crippen molar-refractivity contribution in [2.24, 2.45) is 0 Å². The Labute approximate surface area is 189 Å². The predicted octanol–water partition coefficient (Wildman–Crippen LogP) is 6.62. The van der Waals surface area contributed by atoms with Gasteiger partial charge in [0, 0.05) is 18.6 Å². The molecule has 32 heavy (non-hydrogen) atoms. The molecule has 0 aliphatic carbocycles. The molecule has 1 aromatic carbocycles. The fourth-order valence-corrected chi connectivity index (χ4v) is 3.54. The molecule has 0 saturated heterocycles. The SMILES string of the molecule is CCCCCCCOc1ccc(-c2cc(-c3ccccn3)nc(-c3cnccn3)c2)cc1. The number of hydrogen-bond acceptors (Lipinski definition) is 5. The highest BCUT2D eigenvalue weighted by atomic mass is 16.5. The van der Waals surface area contributed by atoms with Gasteiger partial charge in [-0.15, -0.1) is 0 Å². The summed E-state index contributed by atoms with van der Waals surface area (Å²) in [6.07, 6.45) is 13.0. The van der Waals surface area contributed by atoms with Crippen molar-refractivity contribution in [3.05, 3.63) is 79.4 Å². The summed E-state index contributed by atoms with van der Waals surface area (Å²) in [7, 11) is 0. The molecule has 0 aliphatic rings. The van der Waals surface area contributed by atoms with Gasteiger partial charge in [-0.05, 0) is 53.9 Å². The minimum absolute atomic E-state index is 0.731. The van der Waals surface area contributed by atoms with Crippen LogP contribution in [0.3, 0.4) is 0 Å². The third-order valence-corrected chi connectivity index (χ3v) is 5.28. The van der Waals surface area contributed by atoms with Crippen LogP contribution in [0.15, 0.2) is 79.4 Å². The van der Waals surface area contributed by atoms with Gasteiger partial charge in [-0.1, -0.05) is 50.8 Å². The lowest BCUT2D eigenvalue weighted by atomic mass is 10.0. The molecule has 3 heterocycles. The topological polar surface area (TPSA) is 60.8 Å². The van der Waals surface area contributed by atoms with Crippen molar-refractivity contribution in [2.75, 3.05) is 6.61 Å². The molecule has 0 bridgehead atoms. The largest absolute Gasteiger partial charge is 0.494 e. The van der Waals surface area contributed by atoms with Crippen LogP contribution in [-0.2, 0) is 0 Å². The summed E-state index contributed by atoms with van der Waals surface area (Å²) in [6, 6.07) is 18.2. The van der Waals surface area contributed by atoms with Crippen LogP contribution in [0.4, 0.5) is 0 Å². The number of nitrogens with zero attached hydrogens (tertiary/aromatic N) is 4. The van der Waals surface area contributed by atoms with Crippen LogP contribution >= 0.6 is 0 Å². The summed E-state index contributed by atoms with van der Waals surface area (Å²) in [5.74, 6) is 0.900. The third kappa shape index (κ3) is 5.76. The molecular weight excluding hydrogens is 396 g/mol. The monoisotopic (exact) mass is 424 g/mol. The Morgan fingerprint density at radius 1 is 0.688 bits per heavy atom. The van der Waals surface area contributed by atoms with E-state index in [4.69, 9.17) is 9.72 Å². The highest BCUT2D eigenvalue weighted by molar-refractivity contribution is 5.74. The molecule has 0 atom stereocenters. The highest BCUT2D eigenvalue weighted by Crippen LogP contribution is 2.29. The van der Waals surface area contributed by atoms with E-state index < -0.39 is 0 Å². The second kappa shape index (κ2) is 11.1. The Bertz CT molecular complexity index is 1040. The van der Waals surface area contributed by atoms with Crippen molar-refractivity contribution in [1.29, 1.82) is 0 Å². The van der Waals surface area contributed by atoms with E-state index in [0.29, 0.717) is 0 Å². The molecule has 4 rings (SSSR count). The molecule has 0 unspecified atom stereocenters. The molecule has 0 saturated carbocycles. The molecule has 0 amide bonds. The van der Waals surface area contributed by atoms with Gasteiger partial charge in [0.1, 0.15) is 11.4 Å². The molecule has 0 spiro atoms. The van der Waals surface area contributed by atoms with Gasteiger partial charge in [-0.2, -0.15) is 0 Å². The van der Waals surface area contributed by atoms with Gasteiger partial charge in [-0.3, -0.25) is 15.0 Å². The van der Waals surface area contributed by atoms with Crippen LogP contribution in [0.2, 0.25) is 0 Å². The van der Waals surface area contributed by atoms with Crippen molar-refractivity contribution in [3.8, 4) is 39.7 Å². The number of unbranched alkanes of at least 4 members (excludes halogenated alkanes) is 4. The fraction of sp³-hybridized carbons (Fsp3) is 0.259. The average Bonchev–Trinajstić information content (AvgIpc) is 2.87. The van der Waals surface area contributed by atoms with E-state index >= 15 is 0 Å². The van der Waals surface area contributed by atoms with E-state index in [2.05, 4.69) is 40.1 Å². The standard InChI is InChI=1S/C27H28N4O/c1-2-3-4-5-8-17-32-23-12-10-21(11-13-23)22-18-25(24-9-6-7-14-29-24)31-26(19-22)27-20-28-15-16-30-27/h6-7,9-16,18-20H,2-5,8,17H2,1H3. The van der Waals surface area contributed by atoms with E-state index in [1.54, 1.807) is 24.8 Å². The molecule has 0 radical (unpaired) electrons. The maximum Gasteiger partial charge on any atom is 0.119 e. The first-order valence-corrected chi connectivity index (χ1v) is 11.3. The number of ether oxygens (including phenoxy) is 1. The zero-order chi connectivity index (χ0) is 22.0. The summed E-state index contributed by atoms with van der Waals surface area (Å²) in [5, 5.41) is 0. The van der Waals surface area contributed by atoms with Crippen molar-refractivity contribution >= 4 is 0 Å². The quantitative estimate of drug-likeness (QED) is 0.268. The van der Waals surface area contributed by atoms with Crippen LogP contribution < -0.4 is 4.74 Å². The Balaban J connectivity index is 1.56. The smallest absolute Gasteiger partial charge is 0.119 e. The van der Waals surface area contributed by atoms with Crippen molar-refractivity contribution in [2.45, 2.75) is 39.0 Å². The van der Waals surface area contributed by atoms with E-state index in [1.165, 1.54) is 25.7 Å². The Morgan fingerprint density at radius 3 is 2.19 bits per heavy atom. The zero-order valence-electron chi connectivity index (χ0n) is 18.4. The van der Waals surface area contributed by atoms with Gasteiger partial charge >= 0.3 is 0 Å². The minimum atomic E-state index is 0.731. The van der Waals surface area contributed by atoms with Crippen LogP contribution in [0.5, 0.6) is 5.75 Å². The van der Waals surface area contributed by atoms with Crippen molar-refractivity contribution < 1.29 is 4.74 Å². The lowest BCUT2D eigenvalue weighted by Crippen LogP contribution is -1.97.